The molecule has 2 atom stereocenters. The van der Waals surface area contributed by atoms with Crippen LogP contribution in [0.1, 0.15) is 31.1 Å². The summed E-state index contributed by atoms with van der Waals surface area (Å²) in [5, 5.41) is 10.0. The molecule has 0 aromatic carbocycles. The van der Waals surface area contributed by atoms with Crippen LogP contribution in [0.25, 0.3) is 0 Å². The Hall–Kier alpha value is -0.830. The molecule has 2 rings (SSSR count). The van der Waals surface area contributed by atoms with Gasteiger partial charge in [0.1, 0.15) is 10.9 Å². The van der Waals surface area contributed by atoms with E-state index in [1.54, 1.807) is 0 Å². The number of rotatable bonds is 2. The van der Waals surface area contributed by atoms with Crippen LogP contribution >= 0.6 is 22.9 Å². The molecule has 0 spiro atoms. The average Bonchev–Trinajstić information content (AvgIpc) is 2.69. The van der Waals surface area contributed by atoms with Crippen LogP contribution in [0.4, 0.5) is 5.13 Å². The molecule has 6 heteroatoms. The summed E-state index contributed by atoms with van der Waals surface area (Å²) in [6.07, 6.45) is 3.42. The maximum Gasteiger partial charge on any atom is 0.188 e. The number of aromatic nitrogens is 1. The number of nitrogens with two attached hydrogens (primary N) is 1. The molecule has 92 valence electrons. The number of hydrogen-bond acceptors (Lipinski definition) is 5. The minimum atomic E-state index is 0.307. The second kappa shape index (κ2) is 5.21. The summed E-state index contributed by atoms with van der Waals surface area (Å²) < 4.78 is 0. The highest BCUT2D eigenvalue weighted by Crippen LogP contribution is 2.35. The molecule has 2 unspecified atom stereocenters. The molecule has 0 saturated carbocycles. The first kappa shape index (κ1) is 12.6. The zero-order chi connectivity index (χ0) is 12.4. The molecule has 4 nitrogen and oxygen atoms in total. The first-order valence-corrected chi connectivity index (χ1v) is 6.91. The smallest absolute Gasteiger partial charge is 0.188 e. The van der Waals surface area contributed by atoms with Crippen molar-refractivity contribution >= 4 is 28.1 Å². The van der Waals surface area contributed by atoms with Gasteiger partial charge in [0.2, 0.25) is 0 Å². The SMILES string of the molecule is CC1CCCC(CN)N1c1nc(Cl)c(C#N)s1. The van der Waals surface area contributed by atoms with Gasteiger partial charge in [-0.3, -0.25) is 0 Å². The van der Waals surface area contributed by atoms with Crippen LogP contribution in [-0.4, -0.2) is 23.6 Å². The van der Waals surface area contributed by atoms with E-state index in [2.05, 4.69) is 22.9 Å². The van der Waals surface area contributed by atoms with E-state index in [4.69, 9.17) is 22.6 Å². The van der Waals surface area contributed by atoms with E-state index >= 15 is 0 Å². The van der Waals surface area contributed by atoms with E-state index < -0.39 is 0 Å². The Bertz CT molecular complexity index is 439. The van der Waals surface area contributed by atoms with Crippen molar-refractivity contribution in [2.75, 3.05) is 11.4 Å². The molecule has 1 aliphatic heterocycles. The number of anilines is 1. The molecule has 1 fully saturated rings. The molecule has 1 aromatic heterocycles. The quantitative estimate of drug-likeness (QED) is 0.896. The Balaban J connectivity index is 2.31. The third kappa shape index (κ3) is 2.39. The lowest BCUT2D eigenvalue weighted by molar-refractivity contribution is 0.400. The van der Waals surface area contributed by atoms with Gasteiger partial charge in [0.25, 0.3) is 0 Å². The summed E-state index contributed by atoms with van der Waals surface area (Å²) in [7, 11) is 0. The highest BCUT2D eigenvalue weighted by Gasteiger charge is 2.29. The Morgan fingerprint density at radius 1 is 1.65 bits per heavy atom. The molecule has 1 aromatic rings. The molecular formula is C11H15ClN4S. The zero-order valence-corrected chi connectivity index (χ0v) is 11.3. The van der Waals surface area contributed by atoms with Crippen molar-refractivity contribution in [3.8, 4) is 6.07 Å². The largest absolute Gasteiger partial charge is 0.341 e. The van der Waals surface area contributed by atoms with Crippen molar-refractivity contribution in [1.82, 2.24) is 4.98 Å². The van der Waals surface area contributed by atoms with Crippen LogP contribution in [0.2, 0.25) is 5.15 Å². The monoisotopic (exact) mass is 270 g/mol. The van der Waals surface area contributed by atoms with Crippen molar-refractivity contribution in [2.45, 2.75) is 38.3 Å². The lowest BCUT2D eigenvalue weighted by Crippen LogP contribution is -2.49. The highest BCUT2D eigenvalue weighted by molar-refractivity contribution is 7.16. The van der Waals surface area contributed by atoms with E-state index in [0.29, 0.717) is 28.7 Å². The molecule has 0 bridgehead atoms. The van der Waals surface area contributed by atoms with Gasteiger partial charge in [-0.1, -0.05) is 22.9 Å². The van der Waals surface area contributed by atoms with Crippen LogP contribution in [0.3, 0.4) is 0 Å². The van der Waals surface area contributed by atoms with Gasteiger partial charge in [-0.05, 0) is 26.2 Å². The minimum absolute atomic E-state index is 0.307. The van der Waals surface area contributed by atoms with E-state index in [9.17, 15) is 0 Å². The fourth-order valence-corrected chi connectivity index (χ4v) is 3.55. The number of halogens is 1. The van der Waals surface area contributed by atoms with Gasteiger partial charge in [-0.2, -0.15) is 5.26 Å². The van der Waals surface area contributed by atoms with Crippen LogP contribution < -0.4 is 10.6 Å². The van der Waals surface area contributed by atoms with Gasteiger partial charge in [0.05, 0.1) is 0 Å². The number of hydrogen-bond donors (Lipinski definition) is 1. The van der Waals surface area contributed by atoms with Gasteiger partial charge in [0.15, 0.2) is 10.3 Å². The fourth-order valence-electron chi connectivity index (χ4n) is 2.33. The second-order valence-corrected chi connectivity index (χ2v) is 5.64. The molecule has 0 radical (unpaired) electrons. The number of piperidine rings is 1. The Morgan fingerprint density at radius 2 is 2.41 bits per heavy atom. The third-order valence-electron chi connectivity index (χ3n) is 3.20. The normalized spacial score (nSPS) is 24.7. The molecular weight excluding hydrogens is 256 g/mol. The van der Waals surface area contributed by atoms with Crippen LogP contribution in [0.15, 0.2) is 0 Å². The zero-order valence-electron chi connectivity index (χ0n) is 9.69. The predicted molar refractivity (Wildman–Crippen MR) is 70.5 cm³/mol. The number of nitriles is 1. The van der Waals surface area contributed by atoms with Crippen LogP contribution in [-0.2, 0) is 0 Å². The molecule has 0 amide bonds. The topological polar surface area (TPSA) is 65.9 Å². The maximum atomic E-state index is 8.91. The Kier molecular flexibility index (Phi) is 3.87. The first-order chi connectivity index (χ1) is 8.17. The van der Waals surface area contributed by atoms with Crippen molar-refractivity contribution < 1.29 is 0 Å². The van der Waals surface area contributed by atoms with Crippen LogP contribution in [0.5, 0.6) is 0 Å². The van der Waals surface area contributed by atoms with Gasteiger partial charge in [-0.25, -0.2) is 4.98 Å². The van der Waals surface area contributed by atoms with Gasteiger partial charge >= 0.3 is 0 Å². The summed E-state index contributed by atoms with van der Waals surface area (Å²) in [6, 6.07) is 2.79. The molecule has 0 aliphatic carbocycles. The van der Waals surface area contributed by atoms with Gasteiger partial charge in [-0.15, -0.1) is 0 Å². The molecule has 2 N–H and O–H groups in total. The van der Waals surface area contributed by atoms with Gasteiger partial charge in [0, 0.05) is 18.6 Å². The standard InChI is InChI=1S/C11H15ClN4S/c1-7-3-2-4-8(5-13)16(7)11-15-10(12)9(6-14)17-11/h7-8H,2-5,13H2,1H3. The lowest BCUT2D eigenvalue weighted by atomic mass is 9.97. The third-order valence-corrected chi connectivity index (χ3v) is 4.56. The van der Waals surface area contributed by atoms with E-state index in [-0.39, 0.29) is 0 Å². The first-order valence-electron chi connectivity index (χ1n) is 5.72. The maximum absolute atomic E-state index is 8.91. The van der Waals surface area contributed by atoms with Gasteiger partial charge < -0.3 is 10.6 Å². The molecule has 1 aliphatic rings. The van der Waals surface area contributed by atoms with E-state index in [1.165, 1.54) is 17.8 Å². The van der Waals surface area contributed by atoms with E-state index in [0.717, 1.165) is 18.0 Å². The summed E-state index contributed by atoms with van der Waals surface area (Å²) in [6.45, 7) is 2.78. The van der Waals surface area contributed by atoms with Crippen molar-refractivity contribution in [1.29, 1.82) is 5.26 Å². The highest BCUT2D eigenvalue weighted by atomic mass is 35.5. The number of thiazole rings is 1. The second-order valence-electron chi connectivity index (χ2n) is 4.30. The Morgan fingerprint density at radius 3 is 3.00 bits per heavy atom. The predicted octanol–water partition coefficient (Wildman–Crippen LogP) is 2.37. The summed E-state index contributed by atoms with van der Waals surface area (Å²) in [5.74, 6) is 0. The lowest BCUT2D eigenvalue weighted by Gasteiger charge is -2.40. The molecule has 17 heavy (non-hydrogen) atoms. The van der Waals surface area contributed by atoms with Crippen molar-refractivity contribution in [3.63, 3.8) is 0 Å². The summed E-state index contributed by atoms with van der Waals surface area (Å²) >= 11 is 7.28. The van der Waals surface area contributed by atoms with E-state index in [1.807, 2.05) is 0 Å². The van der Waals surface area contributed by atoms with Crippen LogP contribution in [0, 0.1) is 11.3 Å². The Labute approximate surface area is 110 Å². The fraction of sp³-hybridized carbons (Fsp3) is 0.636. The van der Waals surface area contributed by atoms with Crippen molar-refractivity contribution in [2.24, 2.45) is 5.73 Å². The molecule has 1 saturated heterocycles. The number of nitrogens with zero attached hydrogens (tertiary/aromatic N) is 3. The summed E-state index contributed by atoms with van der Waals surface area (Å²) in [5.41, 5.74) is 5.81. The summed E-state index contributed by atoms with van der Waals surface area (Å²) in [4.78, 5) is 6.99. The minimum Gasteiger partial charge on any atom is -0.341 e. The molecule has 2 heterocycles. The average molecular weight is 271 g/mol. The van der Waals surface area contributed by atoms with Crippen molar-refractivity contribution in [3.05, 3.63) is 10.0 Å².